The van der Waals surface area contributed by atoms with Crippen molar-refractivity contribution >= 4 is 17.7 Å². The van der Waals surface area contributed by atoms with Gasteiger partial charge in [-0.25, -0.2) is 0 Å². The van der Waals surface area contributed by atoms with Gasteiger partial charge >= 0.3 is 0 Å². The predicted octanol–water partition coefficient (Wildman–Crippen LogP) is 3.59. The van der Waals surface area contributed by atoms with E-state index < -0.39 is 0 Å². The average molecular weight is 315 g/mol. The standard InChI is InChI=1S/C18H21NO2S/c1-14-8-9-15(2)17(12-14)21-11-10-19-18(20)13-22-16-6-4-3-5-7-16/h3-9,12H,10-11,13H2,1-2H3,(H,19,20). The van der Waals surface area contributed by atoms with E-state index in [4.69, 9.17) is 4.74 Å². The summed E-state index contributed by atoms with van der Waals surface area (Å²) < 4.78 is 5.71. The van der Waals surface area contributed by atoms with Gasteiger partial charge in [-0.15, -0.1) is 11.8 Å². The zero-order valence-electron chi connectivity index (χ0n) is 13.0. The molecule has 2 aromatic carbocycles. The van der Waals surface area contributed by atoms with E-state index in [1.165, 1.54) is 17.3 Å². The molecule has 0 spiro atoms. The maximum absolute atomic E-state index is 11.8. The molecule has 4 heteroatoms. The van der Waals surface area contributed by atoms with E-state index in [0.717, 1.165) is 16.2 Å². The van der Waals surface area contributed by atoms with Gasteiger partial charge in [-0.2, -0.15) is 0 Å². The Morgan fingerprint density at radius 1 is 1.14 bits per heavy atom. The molecule has 0 saturated carbocycles. The lowest BCUT2D eigenvalue weighted by Crippen LogP contribution is -2.29. The third-order valence-corrected chi connectivity index (χ3v) is 4.15. The van der Waals surface area contributed by atoms with Crippen LogP contribution in [0.15, 0.2) is 53.4 Å². The summed E-state index contributed by atoms with van der Waals surface area (Å²) in [7, 11) is 0. The molecule has 0 aliphatic rings. The highest BCUT2D eigenvalue weighted by atomic mass is 32.2. The molecule has 0 fully saturated rings. The number of amides is 1. The van der Waals surface area contributed by atoms with Gasteiger partial charge in [0.05, 0.1) is 12.3 Å². The maximum atomic E-state index is 11.8. The van der Waals surface area contributed by atoms with Crippen LogP contribution >= 0.6 is 11.8 Å². The Bertz CT molecular complexity index is 614. The fourth-order valence-electron chi connectivity index (χ4n) is 1.93. The molecule has 0 heterocycles. The van der Waals surface area contributed by atoms with Gasteiger partial charge in [0, 0.05) is 4.90 Å². The number of carbonyl (C=O) groups excluding carboxylic acids is 1. The number of nitrogens with one attached hydrogen (secondary N) is 1. The third-order valence-electron chi connectivity index (χ3n) is 3.14. The van der Waals surface area contributed by atoms with Crippen molar-refractivity contribution in [1.82, 2.24) is 5.32 Å². The molecular weight excluding hydrogens is 294 g/mol. The van der Waals surface area contributed by atoms with Crippen LogP contribution in [0.5, 0.6) is 5.75 Å². The first-order chi connectivity index (χ1) is 10.6. The van der Waals surface area contributed by atoms with Gasteiger partial charge in [-0.05, 0) is 43.2 Å². The minimum absolute atomic E-state index is 0.0263. The highest BCUT2D eigenvalue weighted by Crippen LogP contribution is 2.19. The summed E-state index contributed by atoms with van der Waals surface area (Å²) in [5.74, 6) is 1.33. The second kappa shape index (κ2) is 8.49. The number of hydrogen-bond donors (Lipinski definition) is 1. The van der Waals surface area contributed by atoms with Crippen LogP contribution in [0.25, 0.3) is 0 Å². The largest absolute Gasteiger partial charge is 0.491 e. The van der Waals surface area contributed by atoms with Gasteiger partial charge < -0.3 is 10.1 Å². The van der Waals surface area contributed by atoms with E-state index >= 15 is 0 Å². The van der Waals surface area contributed by atoms with Crippen LogP contribution in [0.4, 0.5) is 0 Å². The highest BCUT2D eigenvalue weighted by molar-refractivity contribution is 8.00. The Morgan fingerprint density at radius 2 is 1.91 bits per heavy atom. The fraction of sp³-hybridized carbons (Fsp3) is 0.278. The number of benzene rings is 2. The molecule has 116 valence electrons. The normalized spacial score (nSPS) is 10.3. The van der Waals surface area contributed by atoms with Crippen molar-refractivity contribution in [2.75, 3.05) is 18.9 Å². The first-order valence-corrected chi connectivity index (χ1v) is 8.28. The molecule has 3 nitrogen and oxygen atoms in total. The number of thioether (sulfide) groups is 1. The summed E-state index contributed by atoms with van der Waals surface area (Å²) in [6.45, 7) is 5.05. The third kappa shape index (κ3) is 5.45. The van der Waals surface area contributed by atoms with Crippen molar-refractivity contribution in [3.63, 3.8) is 0 Å². The molecule has 0 atom stereocenters. The number of aryl methyl sites for hydroxylation is 2. The number of carbonyl (C=O) groups is 1. The zero-order chi connectivity index (χ0) is 15.8. The Morgan fingerprint density at radius 3 is 2.68 bits per heavy atom. The predicted molar refractivity (Wildman–Crippen MR) is 91.6 cm³/mol. The number of ether oxygens (including phenoxy) is 1. The summed E-state index contributed by atoms with van der Waals surface area (Å²) in [5.41, 5.74) is 2.28. The van der Waals surface area contributed by atoms with Crippen LogP contribution in [-0.4, -0.2) is 24.8 Å². The Kier molecular flexibility index (Phi) is 6.34. The van der Waals surface area contributed by atoms with Gasteiger partial charge in [-0.1, -0.05) is 30.3 Å². The van der Waals surface area contributed by atoms with Gasteiger partial charge in [0.2, 0.25) is 5.91 Å². The van der Waals surface area contributed by atoms with E-state index in [2.05, 4.69) is 11.4 Å². The Hall–Kier alpha value is -1.94. The summed E-state index contributed by atoms with van der Waals surface area (Å²) in [6.07, 6.45) is 0. The molecule has 0 unspecified atom stereocenters. The van der Waals surface area contributed by atoms with Gasteiger partial charge in [0.1, 0.15) is 12.4 Å². The molecule has 0 saturated heterocycles. The maximum Gasteiger partial charge on any atom is 0.230 e. The number of hydrogen-bond acceptors (Lipinski definition) is 3. The van der Waals surface area contributed by atoms with Crippen LogP contribution in [0.3, 0.4) is 0 Å². The molecule has 0 aliphatic heterocycles. The lowest BCUT2D eigenvalue weighted by Gasteiger charge is -2.10. The first-order valence-electron chi connectivity index (χ1n) is 7.30. The SMILES string of the molecule is Cc1ccc(C)c(OCCNC(=O)CSc2ccccc2)c1. The van der Waals surface area contributed by atoms with Crippen LogP contribution in [0, 0.1) is 13.8 Å². The Balaban J connectivity index is 1.66. The van der Waals surface area contributed by atoms with E-state index in [1.54, 1.807) is 0 Å². The van der Waals surface area contributed by atoms with Gasteiger partial charge in [0.15, 0.2) is 0 Å². The molecular formula is C18H21NO2S. The van der Waals surface area contributed by atoms with E-state index in [-0.39, 0.29) is 5.91 Å². The monoisotopic (exact) mass is 315 g/mol. The van der Waals surface area contributed by atoms with E-state index in [1.807, 2.05) is 56.3 Å². The summed E-state index contributed by atoms with van der Waals surface area (Å²) in [6, 6.07) is 16.0. The minimum atomic E-state index is 0.0263. The van der Waals surface area contributed by atoms with Crippen molar-refractivity contribution in [2.24, 2.45) is 0 Å². The van der Waals surface area contributed by atoms with Crippen LogP contribution in [-0.2, 0) is 4.79 Å². The molecule has 0 radical (unpaired) electrons. The molecule has 22 heavy (non-hydrogen) atoms. The molecule has 0 aromatic heterocycles. The van der Waals surface area contributed by atoms with Crippen molar-refractivity contribution in [3.05, 3.63) is 59.7 Å². The van der Waals surface area contributed by atoms with Crippen molar-refractivity contribution in [2.45, 2.75) is 18.7 Å². The molecule has 0 aliphatic carbocycles. The van der Waals surface area contributed by atoms with Gasteiger partial charge in [-0.3, -0.25) is 4.79 Å². The van der Waals surface area contributed by atoms with E-state index in [0.29, 0.717) is 18.9 Å². The molecule has 2 rings (SSSR count). The smallest absolute Gasteiger partial charge is 0.230 e. The van der Waals surface area contributed by atoms with Crippen molar-refractivity contribution in [1.29, 1.82) is 0 Å². The van der Waals surface area contributed by atoms with Crippen molar-refractivity contribution in [3.8, 4) is 5.75 Å². The number of rotatable bonds is 7. The average Bonchev–Trinajstić information content (AvgIpc) is 2.53. The van der Waals surface area contributed by atoms with Crippen LogP contribution in [0.1, 0.15) is 11.1 Å². The highest BCUT2D eigenvalue weighted by Gasteiger charge is 2.03. The molecule has 1 N–H and O–H groups in total. The molecule has 0 bridgehead atoms. The minimum Gasteiger partial charge on any atom is -0.491 e. The molecule has 1 amide bonds. The lowest BCUT2D eigenvalue weighted by atomic mass is 10.1. The fourth-order valence-corrected chi connectivity index (χ4v) is 2.68. The molecule has 2 aromatic rings. The second-order valence-electron chi connectivity index (χ2n) is 5.07. The lowest BCUT2D eigenvalue weighted by molar-refractivity contribution is -0.118. The zero-order valence-corrected chi connectivity index (χ0v) is 13.8. The van der Waals surface area contributed by atoms with E-state index in [9.17, 15) is 4.79 Å². The summed E-state index contributed by atoms with van der Waals surface area (Å²) >= 11 is 1.53. The van der Waals surface area contributed by atoms with Crippen LogP contribution in [0.2, 0.25) is 0 Å². The van der Waals surface area contributed by atoms with Crippen LogP contribution < -0.4 is 10.1 Å². The summed E-state index contributed by atoms with van der Waals surface area (Å²) in [5, 5.41) is 2.87. The summed E-state index contributed by atoms with van der Waals surface area (Å²) in [4.78, 5) is 12.9. The second-order valence-corrected chi connectivity index (χ2v) is 6.12. The van der Waals surface area contributed by atoms with Gasteiger partial charge in [0.25, 0.3) is 0 Å². The van der Waals surface area contributed by atoms with Crippen molar-refractivity contribution < 1.29 is 9.53 Å². The quantitative estimate of drug-likeness (QED) is 0.627. The first kappa shape index (κ1) is 16.4. The topological polar surface area (TPSA) is 38.3 Å². The Labute approximate surface area is 136 Å².